The van der Waals surface area contributed by atoms with Gasteiger partial charge in [0.2, 0.25) is 0 Å². The summed E-state index contributed by atoms with van der Waals surface area (Å²) in [5, 5.41) is 4.77. The van der Waals surface area contributed by atoms with Gasteiger partial charge in [-0.2, -0.15) is 0 Å². The zero-order valence-corrected chi connectivity index (χ0v) is 14.7. The number of carbonyl (C=O) groups is 1. The molecule has 0 aliphatic rings. The summed E-state index contributed by atoms with van der Waals surface area (Å²) in [6.45, 7) is 2.13. The zero-order valence-electron chi connectivity index (χ0n) is 14.7. The Labute approximate surface area is 151 Å². The minimum Gasteiger partial charge on any atom is -0.453 e. The number of carbonyl (C=O) groups excluding carboxylic acids is 1. The molecule has 5 nitrogen and oxygen atoms in total. The van der Waals surface area contributed by atoms with Gasteiger partial charge in [0.25, 0.3) is 0 Å². The van der Waals surface area contributed by atoms with Gasteiger partial charge in [0.1, 0.15) is 5.65 Å². The second kappa shape index (κ2) is 6.52. The molecule has 4 aromatic rings. The van der Waals surface area contributed by atoms with Crippen LogP contribution in [0.1, 0.15) is 12.6 Å². The lowest BCUT2D eigenvalue weighted by molar-refractivity contribution is 0.187. The fourth-order valence-electron chi connectivity index (χ4n) is 3.28. The summed E-state index contributed by atoms with van der Waals surface area (Å²) in [7, 11) is 1.35. The Morgan fingerprint density at radius 2 is 1.96 bits per heavy atom. The van der Waals surface area contributed by atoms with Crippen LogP contribution in [0.5, 0.6) is 0 Å². The minimum absolute atomic E-state index is 0.487. The predicted octanol–water partition coefficient (Wildman–Crippen LogP) is 4.90. The molecule has 2 aromatic carbocycles. The molecular formula is C21H19N3O2. The first-order valence-corrected chi connectivity index (χ1v) is 8.55. The standard InChI is InChI=1S/C21H19N3O2/c1-3-18-19(15-7-5-4-6-8-15)23-20-17-13-16(22-21(25)26-2)10-9-14(17)11-12-24(18)20/h4-13H,3H2,1-2H3,(H,22,25). The van der Waals surface area contributed by atoms with Gasteiger partial charge in [-0.05, 0) is 30.0 Å². The van der Waals surface area contributed by atoms with Gasteiger partial charge in [0.05, 0.1) is 18.5 Å². The molecule has 1 amide bonds. The van der Waals surface area contributed by atoms with Crippen molar-refractivity contribution in [2.75, 3.05) is 12.4 Å². The molecule has 0 bridgehead atoms. The second-order valence-electron chi connectivity index (χ2n) is 6.05. The topological polar surface area (TPSA) is 55.6 Å². The number of hydrogen-bond donors (Lipinski definition) is 1. The van der Waals surface area contributed by atoms with Gasteiger partial charge >= 0.3 is 6.09 Å². The monoisotopic (exact) mass is 345 g/mol. The highest BCUT2D eigenvalue weighted by molar-refractivity contribution is 5.99. The quantitative estimate of drug-likeness (QED) is 0.575. The van der Waals surface area contributed by atoms with E-state index < -0.39 is 6.09 Å². The van der Waals surface area contributed by atoms with Gasteiger partial charge in [-0.15, -0.1) is 0 Å². The molecule has 0 radical (unpaired) electrons. The Hall–Kier alpha value is -3.34. The third-order valence-electron chi connectivity index (χ3n) is 4.52. The summed E-state index contributed by atoms with van der Waals surface area (Å²) in [5.74, 6) is 0. The lowest BCUT2D eigenvalue weighted by Crippen LogP contribution is -2.10. The molecule has 2 aromatic heterocycles. The number of aryl methyl sites for hydroxylation is 1. The smallest absolute Gasteiger partial charge is 0.411 e. The number of ether oxygens (including phenoxy) is 1. The van der Waals surface area contributed by atoms with Crippen LogP contribution in [0.3, 0.4) is 0 Å². The summed E-state index contributed by atoms with van der Waals surface area (Å²) in [4.78, 5) is 16.5. The van der Waals surface area contributed by atoms with E-state index in [1.165, 1.54) is 12.8 Å². The fraction of sp³-hybridized carbons (Fsp3) is 0.143. The van der Waals surface area contributed by atoms with Crippen molar-refractivity contribution in [3.63, 3.8) is 0 Å². The number of amides is 1. The summed E-state index contributed by atoms with van der Waals surface area (Å²) >= 11 is 0. The molecule has 0 aliphatic heterocycles. The van der Waals surface area contributed by atoms with Gasteiger partial charge in [-0.25, -0.2) is 9.78 Å². The molecular weight excluding hydrogens is 326 g/mol. The van der Waals surface area contributed by atoms with Crippen molar-refractivity contribution < 1.29 is 9.53 Å². The lowest BCUT2D eigenvalue weighted by Gasteiger charge is -2.07. The molecule has 0 saturated heterocycles. The van der Waals surface area contributed by atoms with E-state index in [0.29, 0.717) is 5.69 Å². The Morgan fingerprint density at radius 1 is 1.15 bits per heavy atom. The first-order chi connectivity index (χ1) is 12.7. The van der Waals surface area contributed by atoms with Crippen LogP contribution < -0.4 is 5.32 Å². The average molecular weight is 345 g/mol. The van der Waals surface area contributed by atoms with E-state index in [1.54, 1.807) is 0 Å². The number of anilines is 1. The Bertz CT molecular complexity index is 1100. The zero-order chi connectivity index (χ0) is 18.1. The van der Waals surface area contributed by atoms with Crippen molar-refractivity contribution in [2.24, 2.45) is 0 Å². The molecule has 0 unspecified atom stereocenters. The SMILES string of the molecule is CCc1c(-c2ccccc2)nc2c3cc(NC(=O)OC)ccc3ccn12. The number of rotatable bonds is 3. The first-order valence-electron chi connectivity index (χ1n) is 8.55. The third kappa shape index (κ3) is 2.67. The van der Waals surface area contributed by atoms with Crippen LogP contribution in [0.4, 0.5) is 10.5 Å². The van der Waals surface area contributed by atoms with E-state index in [2.05, 4.69) is 45.8 Å². The molecule has 1 N–H and O–H groups in total. The highest BCUT2D eigenvalue weighted by Crippen LogP contribution is 2.30. The van der Waals surface area contributed by atoms with E-state index in [9.17, 15) is 4.79 Å². The van der Waals surface area contributed by atoms with Crippen molar-refractivity contribution in [1.29, 1.82) is 0 Å². The number of fused-ring (bicyclic) bond motifs is 3. The molecule has 5 heteroatoms. The molecule has 0 saturated carbocycles. The number of pyridine rings is 1. The van der Waals surface area contributed by atoms with Crippen LogP contribution in [0.2, 0.25) is 0 Å². The largest absolute Gasteiger partial charge is 0.453 e. The molecule has 2 heterocycles. The molecule has 0 aliphatic carbocycles. The summed E-state index contributed by atoms with van der Waals surface area (Å²) in [6, 6.07) is 18.0. The first kappa shape index (κ1) is 16.1. The summed E-state index contributed by atoms with van der Waals surface area (Å²) < 4.78 is 6.81. The number of imidazole rings is 1. The van der Waals surface area contributed by atoms with Gasteiger partial charge in [0, 0.05) is 22.8 Å². The maximum absolute atomic E-state index is 11.5. The number of nitrogens with zero attached hydrogens (tertiary/aromatic N) is 2. The molecule has 130 valence electrons. The lowest BCUT2D eigenvalue weighted by atomic mass is 10.1. The van der Waals surface area contributed by atoms with E-state index in [1.807, 2.05) is 36.4 Å². The van der Waals surface area contributed by atoms with Gasteiger partial charge in [0.15, 0.2) is 0 Å². The number of nitrogens with one attached hydrogen (secondary N) is 1. The molecule has 26 heavy (non-hydrogen) atoms. The van der Waals surface area contributed by atoms with Crippen molar-refractivity contribution in [3.05, 3.63) is 66.5 Å². The maximum Gasteiger partial charge on any atom is 0.411 e. The molecule has 0 atom stereocenters. The van der Waals surface area contributed by atoms with E-state index >= 15 is 0 Å². The Kier molecular flexibility index (Phi) is 4.05. The number of methoxy groups -OCH3 is 1. The number of aromatic nitrogens is 2. The number of benzene rings is 2. The van der Waals surface area contributed by atoms with Crippen LogP contribution in [-0.2, 0) is 11.2 Å². The second-order valence-corrected chi connectivity index (χ2v) is 6.05. The normalized spacial score (nSPS) is 11.0. The van der Waals surface area contributed by atoms with E-state index in [-0.39, 0.29) is 0 Å². The fourth-order valence-corrected chi connectivity index (χ4v) is 3.28. The molecule has 0 spiro atoms. The Balaban J connectivity index is 1.95. The Morgan fingerprint density at radius 3 is 2.69 bits per heavy atom. The highest BCUT2D eigenvalue weighted by Gasteiger charge is 2.15. The van der Waals surface area contributed by atoms with Gasteiger partial charge in [-0.1, -0.05) is 43.3 Å². The number of hydrogen-bond acceptors (Lipinski definition) is 3. The van der Waals surface area contributed by atoms with Crippen molar-refractivity contribution >= 4 is 28.2 Å². The summed E-state index contributed by atoms with van der Waals surface area (Å²) in [6.07, 6.45) is 2.44. The average Bonchev–Trinajstić information content (AvgIpc) is 3.07. The van der Waals surface area contributed by atoms with E-state index in [4.69, 9.17) is 4.98 Å². The maximum atomic E-state index is 11.5. The predicted molar refractivity (Wildman–Crippen MR) is 104 cm³/mol. The van der Waals surface area contributed by atoms with Crippen molar-refractivity contribution in [3.8, 4) is 11.3 Å². The molecule has 0 fully saturated rings. The highest BCUT2D eigenvalue weighted by atomic mass is 16.5. The van der Waals surface area contributed by atoms with Crippen LogP contribution in [0.25, 0.3) is 27.7 Å². The van der Waals surface area contributed by atoms with E-state index in [0.717, 1.165) is 34.1 Å². The van der Waals surface area contributed by atoms with Crippen LogP contribution in [0, 0.1) is 0 Å². The van der Waals surface area contributed by atoms with Crippen LogP contribution in [0.15, 0.2) is 60.8 Å². The van der Waals surface area contributed by atoms with Gasteiger partial charge < -0.3 is 9.14 Å². The van der Waals surface area contributed by atoms with Crippen LogP contribution >= 0.6 is 0 Å². The third-order valence-corrected chi connectivity index (χ3v) is 4.52. The molecule has 4 rings (SSSR count). The van der Waals surface area contributed by atoms with Crippen molar-refractivity contribution in [1.82, 2.24) is 9.38 Å². The van der Waals surface area contributed by atoms with Crippen molar-refractivity contribution in [2.45, 2.75) is 13.3 Å². The van der Waals surface area contributed by atoms with Gasteiger partial charge in [-0.3, -0.25) is 5.32 Å². The summed E-state index contributed by atoms with van der Waals surface area (Å²) in [5.41, 5.74) is 4.82. The van der Waals surface area contributed by atoms with Crippen LogP contribution in [-0.4, -0.2) is 22.6 Å². The minimum atomic E-state index is -0.487.